The Hall–Kier alpha value is -3.02. The molecule has 0 aliphatic rings. The molecule has 3 aromatic carbocycles. The Kier molecular flexibility index (Phi) is 7.71. The van der Waals surface area contributed by atoms with Crippen molar-refractivity contribution in [1.82, 2.24) is 0 Å². The van der Waals surface area contributed by atoms with Crippen LogP contribution >= 0.6 is 11.6 Å². The number of aliphatic hydroxyl groups excluding tert-OH is 1. The van der Waals surface area contributed by atoms with Crippen molar-refractivity contribution in [3.63, 3.8) is 0 Å². The van der Waals surface area contributed by atoms with Gasteiger partial charge >= 0.3 is 5.97 Å². The molecule has 0 bridgehead atoms. The average Bonchev–Trinajstić information content (AvgIpc) is 2.76. The molecule has 5 nitrogen and oxygen atoms in total. The molecule has 0 saturated carbocycles. The van der Waals surface area contributed by atoms with Crippen LogP contribution in [0.3, 0.4) is 0 Å². The molecule has 2 N–H and O–H groups in total. The molecular formula is C24H23ClO5. The Morgan fingerprint density at radius 1 is 0.867 bits per heavy atom. The predicted octanol–water partition coefficient (Wildman–Crippen LogP) is 4.84. The standard InChI is InChI=1S/C24H23ClO5/c25-22-16-21(12-9-19(22)15-23(26)24(27)28)30-14-4-13-29-20-10-7-18(8-11-20)17-5-2-1-3-6-17/h1-3,5-12,16,23,26H,4,13-15H2,(H,27,28)/t23-/m0/s1. The van der Waals surface area contributed by atoms with Crippen molar-refractivity contribution in [3.05, 3.63) is 83.4 Å². The molecule has 0 saturated heterocycles. The highest BCUT2D eigenvalue weighted by molar-refractivity contribution is 6.31. The third-order valence-corrected chi connectivity index (χ3v) is 4.86. The van der Waals surface area contributed by atoms with E-state index in [0.29, 0.717) is 36.0 Å². The summed E-state index contributed by atoms with van der Waals surface area (Å²) in [4.78, 5) is 10.7. The lowest BCUT2D eigenvalue weighted by atomic mass is 10.1. The zero-order valence-corrected chi connectivity index (χ0v) is 17.1. The molecule has 1 atom stereocenters. The topological polar surface area (TPSA) is 76.0 Å². The van der Waals surface area contributed by atoms with Gasteiger partial charge in [-0.2, -0.15) is 0 Å². The number of carbonyl (C=O) groups is 1. The zero-order valence-electron chi connectivity index (χ0n) is 16.3. The number of carboxylic acid groups (broad SMARTS) is 1. The molecule has 30 heavy (non-hydrogen) atoms. The quantitative estimate of drug-likeness (QED) is 0.453. The van der Waals surface area contributed by atoms with Gasteiger partial charge in [0.15, 0.2) is 6.10 Å². The summed E-state index contributed by atoms with van der Waals surface area (Å²) >= 11 is 6.15. The Labute approximate surface area is 180 Å². The van der Waals surface area contributed by atoms with E-state index in [2.05, 4.69) is 12.1 Å². The van der Waals surface area contributed by atoms with Crippen molar-refractivity contribution in [2.45, 2.75) is 18.9 Å². The molecule has 0 heterocycles. The molecule has 0 aliphatic heterocycles. The fourth-order valence-corrected chi connectivity index (χ4v) is 3.14. The Bertz CT molecular complexity index is 957. The minimum absolute atomic E-state index is 0.0502. The van der Waals surface area contributed by atoms with Gasteiger partial charge in [-0.1, -0.05) is 60.1 Å². The lowest BCUT2D eigenvalue weighted by molar-refractivity contribution is -0.146. The molecule has 0 aromatic heterocycles. The maximum absolute atomic E-state index is 10.7. The summed E-state index contributed by atoms with van der Waals surface area (Å²) in [6.07, 6.45) is -0.837. The molecule has 156 valence electrons. The van der Waals surface area contributed by atoms with E-state index < -0.39 is 12.1 Å². The molecule has 0 spiro atoms. The number of halogens is 1. The van der Waals surface area contributed by atoms with Crippen LogP contribution in [0.5, 0.6) is 11.5 Å². The molecular weight excluding hydrogens is 404 g/mol. The van der Waals surface area contributed by atoms with Crippen molar-refractivity contribution in [2.24, 2.45) is 0 Å². The van der Waals surface area contributed by atoms with Gasteiger partial charge in [0.2, 0.25) is 0 Å². The molecule has 3 rings (SSSR count). The first kappa shape index (κ1) is 21.7. The van der Waals surface area contributed by atoms with Gasteiger partial charge < -0.3 is 19.7 Å². The SMILES string of the molecule is O=C(O)[C@@H](O)Cc1ccc(OCCCOc2ccc(-c3ccccc3)cc2)cc1Cl. The Morgan fingerprint density at radius 2 is 1.47 bits per heavy atom. The summed E-state index contributed by atoms with van der Waals surface area (Å²) in [6.45, 7) is 0.969. The molecule has 6 heteroatoms. The molecule has 0 aliphatic carbocycles. The van der Waals surface area contributed by atoms with E-state index in [1.807, 2.05) is 42.5 Å². The Balaban J connectivity index is 1.41. The van der Waals surface area contributed by atoms with E-state index in [1.165, 1.54) is 5.56 Å². The number of aliphatic carboxylic acids is 1. The van der Waals surface area contributed by atoms with Crippen molar-refractivity contribution in [1.29, 1.82) is 0 Å². The fourth-order valence-electron chi connectivity index (χ4n) is 2.89. The van der Waals surface area contributed by atoms with Crippen molar-refractivity contribution >= 4 is 17.6 Å². The first-order chi connectivity index (χ1) is 14.5. The van der Waals surface area contributed by atoms with E-state index in [-0.39, 0.29) is 6.42 Å². The second-order valence-electron chi connectivity index (χ2n) is 6.75. The van der Waals surface area contributed by atoms with Gasteiger partial charge in [0.05, 0.1) is 13.2 Å². The summed E-state index contributed by atoms with van der Waals surface area (Å²) in [5.41, 5.74) is 2.86. The highest BCUT2D eigenvalue weighted by atomic mass is 35.5. The van der Waals surface area contributed by atoms with Gasteiger partial charge in [0.1, 0.15) is 11.5 Å². The first-order valence-corrected chi connectivity index (χ1v) is 10.0. The summed E-state index contributed by atoms with van der Waals surface area (Å²) in [7, 11) is 0. The fraction of sp³-hybridized carbons (Fsp3) is 0.208. The third kappa shape index (κ3) is 6.24. The average molecular weight is 427 g/mol. The summed E-state index contributed by atoms with van der Waals surface area (Å²) in [6, 6.07) is 23.1. The molecule has 3 aromatic rings. The van der Waals surface area contributed by atoms with Crippen LogP contribution in [0.4, 0.5) is 0 Å². The number of rotatable bonds is 10. The minimum Gasteiger partial charge on any atom is -0.493 e. The number of hydrogen-bond acceptors (Lipinski definition) is 4. The van der Waals surface area contributed by atoms with Gasteiger partial charge in [-0.3, -0.25) is 0 Å². The summed E-state index contributed by atoms with van der Waals surface area (Å²) in [5.74, 6) is 0.112. The number of hydrogen-bond donors (Lipinski definition) is 2. The number of benzene rings is 3. The van der Waals surface area contributed by atoms with Crippen molar-refractivity contribution < 1.29 is 24.5 Å². The summed E-state index contributed by atoms with van der Waals surface area (Å²) in [5, 5.41) is 18.6. The normalized spacial score (nSPS) is 11.7. The van der Waals surface area contributed by atoms with Crippen molar-refractivity contribution in [2.75, 3.05) is 13.2 Å². The van der Waals surface area contributed by atoms with Crippen LogP contribution in [0.25, 0.3) is 11.1 Å². The van der Waals surface area contributed by atoms with Gasteiger partial charge in [-0.15, -0.1) is 0 Å². The maximum Gasteiger partial charge on any atom is 0.332 e. The molecule has 0 radical (unpaired) electrons. The van der Waals surface area contributed by atoms with Crippen LogP contribution in [0.1, 0.15) is 12.0 Å². The molecule has 0 unspecified atom stereocenters. The highest BCUT2D eigenvalue weighted by Gasteiger charge is 2.15. The van der Waals surface area contributed by atoms with Gasteiger partial charge in [-0.25, -0.2) is 4.79 Å². The molecule has 0 fully saturated rings. The van der Waals surface area contributed by atoms with E-state index in [9.17, 15) is 9.90 Å². The van der Waals surface area contributed by atoms with Gasteiger partial charge in [0, 0.05) is 17.9 Å². The van der Waals surface area contributed by atoms with Gasteiger partial charge in [0.25, 0.3) is 0 Å². The minimum atomic E-state index is -1.48. The van der Waals surface area contributed by atoms with E-state index in [1.54, 1.807) is 18.2 Å². The molecule has 0 amide bonds. The van der Waals surface area contributed by atoms with Crippen LogP contribution in [0.2, 0.25) is 5.02 Å². The van der Waals surface area contributed by atoms with Crippen LogP contribution in [-0.2, 0) is 11.2 Å². The largest absolute Gasteiger partial charge is 0.493 e. The van der Waals surface area contributed by atoms with Gasteiger partial charge in [-0.05, 0) is 41.0 Å². The van der Waals surface area contributed by atoms with Crippen LogP contribution in [0.15, 0.2) is 72.8 Å². The van der Waals surface area contributed by atoms with Crippen LogP contribution in [-0.4, -0.2) is 35.5 Å². The van der Waals surface area contributed by atoms with Crippen molar-refractivity contribution in [3.8, 4) is 22.6 Å². The third-order valence-electron chi connectivity index (χ3n) is 4.51. The van der Waals surface area contributed by atoms with Crippen LogP contribution < -0.4 is 9.47 Å². The van der Waals surface area contributed by atoms with E-state index in [0.717, 1.165) is 11.3 Å². The predicted molar refractivity (Wildman–Crippen MR) is 116 cm³/mol. The zero-order chi connectivity index (χ0) is 21.3. The second kappa shape index (κ2) is 10.7. The van der Waals surface area contributed by atoms with Crippen LogP contribution in [0, 0.1) is 0 Å². The number of aliphatic hydroxyl groups is 1. The monoisotopic (exact) mass is 426 g/mol. The smallest absolute Gasteiger partial charge is 0.332 e. The first-order valence-electron chi connectivity index (χ1n) is 9.63. The summed E-state index contributed by atoms with van der Waals surface area (Å²) < 4.78 is 11.4. The maximum atomic E-state index is 10.7. The highest BCUT2D eigenvalue weighted by Crippen LogP contribution is 2.24. The van der Waals surface area contributed by atoms with E-state index >= 15 is 0 Å². The van der Waals surface area contributed by atoms with E-state index in [4.69, 9.17) is 26.2 Å². The lowest BCUT2D eigenvalue weighted by Gasteiger charge is -2.11. The second-order valence-corrected chi connectivity index (χ2v) is 7.16. The number of ether oxygens (including phenoxy) is 2. The lowest BCUT2D eigenvalue weighted by Crippen LogP contribution is -2.22. The Morgan fingerprint density at radius 3 is 2.10 bits per heavy atom. The number of carboxylic acids is 1.